The Labute approximate surface area is 124 Å². The highest BCUT2D eigenvalue weighted by Gasteiger charge is 2.25. The van der Waals surface area contributed by atoms with Gasteiger partial charge in [0.2, 0.25) is 11.7 Å². The molecule has 0 atom stereocenters. The molecule has 110 valence electrons. The van der Waals surface area contributed by atoms with Crippen molar-refractivity contribution in [3.05, 3.63) is 30.2 Å². The Balaban J connectivity index is 1.51. The summed E-state index contributed by atoms with van der Waals surface area (Å²) in [4.78, 5) is 6.94. The zero-order chi connectivity index (χ0) is 14.1. The number of piperazine rings is 1. The van der Waals surface area contributed by atoms with Gasteiger partial charge in [-0.15, -0.1) is 0 Å². The third-order valence-electron chi connectivity index (χ3n) is 4.50. The maximum Gasteiger partial charge on any atom is 0.230 e. The molecule has 1 aliphatic carbocycles. The molecule has 0 spiro atoms. The monoisotopic (exact) mass is 284 g/mol. The van der Waals surface area contributed by atoms with Crippen LogP contribution >= 0.6 is 0 Å². The highest BCUT2D eigenvalue weighted by Crippen LogP contribution is 2.36. The smallest absolute Gasteiger partial charge is 0.230 e. The molecule has 1 aliphatic heterocycles. The van der Waals surface area contributed by atoms with Gasteiger partial charge in [-0.1, -0.05) is 11.6 Å². The van der Waals surface area contributed by atoms with Crippen molar-refractivity contribution in [2.24, 2.45) is 0 Å². The summed E-state index contributed by atoms with van der Waals surface area (Å²) >= 11 is 0. The van der Waals surface area contributed by atoms with E-state index in [-0.39, 0.29) is 0 Å². The first-order valence-corrected chi connectivity index (χ1v) is 7.80. The predicted molar refractivity (Wildman–Crippen MR) is 81.4 cm³/mol. The minimum atomic E-state index is 0.492. The van der Waals surface area contributed by atoms with E-state index >= 15 is 0 Å². The molecule has 1 saturated heterocycles. The minimum absolute atomic E-state index is 0.492. The molecule has 2 fully saturated rings. The largest absolute Gasteiger partial charge is 0.369 e. The van der Waals surface area contributed by atoms with Crippen LogP contribution in [-0.2, 0) is 0 Å². The zero-order valence-electron chi connectivity index (χ0n) is 12.1. The van der Waals surface area contributed by atoms with Crippen molar-refractivity contribution in [1.29, 1.82) is 0 Å². The second kappa shape index (κ2) is 5.48. The molecule has 2 aliphatic rings. The number of anilines is 1. The van der Waals surface area contributed by atoms with E-state index in [0.29, 0.717) is 11.7 Å². The first kappa shape index (κ1) is 12.8. The van der Waals surface area contributed by atoms with Crippen LogP contribution in [0.15, 0.2) is 28.8 Å². The van der Waals surface area contributed by atoms with Crippen LogP contribution in [0.4, 0.5) is 5.69 Å². The molecule has 1 saturated carbocycles. The van der Waals surface area contributed by atoms with Crippen LogP contribution in [0.25, 0.3) is 11.4 Å². The van der Waals surface area contributed by atoms with Crippen LogP contribution in [0.3, 0.4) is 0 Å². The van der Waals surface area contributed by atoms with E-state index in [9.17, 15) is 0 Å². The number of nitrogens with zero attached hydrogens (tertiary/aromatic N) is 3. The molecule has 2 aromatic rings. The molecule has 21 heavy (non-hydrogen) atoms. The quantitative estimate of drug-likeness (QED) is 0.938. The van der Waals surface area contributed by atoms with Crippen LogP contribution in [-0.4, -0.2) is 36.3 Å². The maximum absolute atomic E-state index is 5.39. The number of aromatic nitrogens is 2. The van der Waals surface area contributed by atoms with Gasteiger partial charge in [-0.3, -0.25) is 0 Å². The Hall–Kier alpha value is -1.88. The van der Waals surface area contributed by atoms with Crippen molar-refractivity contribution in [1.82, 2.24) is 15.5 Å². The Bertz CT molecular complexity index is 597. The van der Waals surface area contributed by atoms with E-state index in [2.05, 4.69) is 44.6 Å². The van der Waals surface area contributed by atoms with Crippen molar-refractivity contribution >= 4 is 5.69 Å². The summed E-state index contributed by atoms with van der Waals surface area (Å²) in [7, 11) is 0. The van der Waals surface area contributed by atoms with E-state index in [1.165, 1.54) is 24.9 Å². The van der Waals surface area contributed by atoms with Gasteiger partial charge in [-0.05, 0) is 37.1 Å². The molecule has 0 radical (unpaired) electrons. The molecule has 1 N–H and O–H groups in total. The molecule has 0 amide bonds. The lowest BCUT2D eigenvalue weighted by Gasteiger charge is -2.29. The molecule has 5 heteroatoms. The van der Waals surface area contributed by atoms with Crippen molar-refractivity contribution in [2.75, 3.05) is 31.1 Å². The van der Waals surface area contributed by atoms with Crippen LogP contribution < -0.4 is 10.2 Å². The summed E-state index contributed by atoms with van der Waals surface area (Å²) < 4.78 is 5.39. The number of benzene rings is 1. The fourth-order valence-electron chi connectivity index (χ4n) is 2.92. The second-order valence-electron chi connectivity index (χ2n) is 5.87. The predicted octanol–water partition coefficient (Wildman–Crippen LogP) is 2.41. The molecular weight excluding hydrogens is 264 g/mol. The number of nitrogens with one attached hydrogen (secondary N) is 1. The van der Waals surface area contributed by atoms with E-state index in [4.69, 9.17) is 4.52 Å². The summed E-state index contributed by atoms with van der Waals surface area (Å²) in [5.41, 5.74) is 2.30. The van der Waals surface area contributed by atoms with Gasteiger partial charge in [0.05, 0.1) is 0 Å². The minimum Gasteiger partial charge on any atom is -0.369 e. The molecule has 0 bridgehead atoms. The topological polar surface area (TPSA) is 54.2 Å². The first-order valence-electron chi connectivity index (χ1n) is 7.80. The molecule has 4 rings (SSSR count). The highest BCUT2D eigenvalue weighted by molar-refractivity contribution is 5.60. The highest BCUT2D eigenvalue weighted by atomic mass is 16.5. The number of hydrogen-bond acceptors (Lipinski definition) is 5. The van der Waals surface area contributed by atoms with E-state index in [1.54, 1.807) is 0 Å². The fraction of sp³-hybridized carbons (Fsp3) is 0.500. The lowest BCUT2D eigenvalue weighted by atomic mass is 9.85. The first-order chi connectivity index (χ1) is 10.4. The summed E-state index contributed by atoms with van der Waals surface area (Å²) in [6.07, 6.45) is 3.65. The van der Waals surface area contributed by atoms with Gasteiger partial charge in [-0.2, -0.15) is 4.98 Å². The molecule has 1 aromatic heterocycles. The lowest BCUT2D eigenvalue weighted by molar-refractivity contribution is 0.292. The van der Waals surface area contributed by atoms with E-state index < -0.39 is 0 Å². The Kier molecular flexibility index (Phi) is 3.35. The number of hydrogen-bond donors (Lipinski definition) is 1. The summed E-state index contributed by atoms with van der Waals surface area (Å²) in [6, 6.07) is 8.49. The van der Waals surface area contributed by atoms with E-state index in [0.717, 1.165) is 37.6 Å². The summed E-state index contributed by atoms with van der Waals surface area (Å²) in [5.74, 6) is 2.01. The zero-order valence-corrected chi connectivity index (χ0v) is 12.1. The molecule has 0 unspecified atom stereocenters. The van der Waals surface area contributed by atoms with Gasteiger partial charge in [0.1, 0.15) is 0 Å². The van der Waals surface area contributed by atoms with Gasteiger partial charge in [-0.25, -0.2) is 0 Å². The molecule has 1 aromatic carbocycles. The Morgan fingerprint density at radius 1 is 1.10 bits per heavy atom. The van der Waals surface area contributed by atoms with Crippen LogP contribution in [0.5, 0.6) is 0 Å². The fourth-order valence-corrected chi connectivity index (χ4v) is 2.92. The van der Waals surface area contributed by atoms with Crippen molar-refractivity contribution in [3.63, 3.8) is 0 Å². The van der Waals surface area contributed by atoms with Gasteiger partial charge in [0.25, 0.3) is 0 Å². The summed E-state index contributed by atoms with van der Waals surface area (Å²) in [6.45, 7) is 4.23. The lowest BCUT2D eigenvalue weighted by Crippen LogP contribution is -2.43. The SMILES string of the molecule is c1cc(N2CCNCC2)ccc1-c1noc(C2CCC2)n1. The Morgan fingerprint density at radius 2 is 1.86 bits per heavy atom. The molecule has 2 heterocycles. The third kappa shape index (κ3) is 2.53. The van der Waals surface area contributed by atoms with Gasteiger partial charge >= 0.3 is 0 Å². The van der Waals surface area contributed by atoms with Crippen LogP contribution in [0.1, 0.15) is 31.1 Å². The maximum atomic E-state index is 5.39. The average Bonchev–Trinajstić information content (AvgIpc) is 2.96. The van der Waals surface area contributed by atoms with Crippen LogP contribution in [0, 0.1) is 0 Å². The van der Waals surface area contributed by atoms with Gasteiger partial charge in [0.15, 0.2) is 0 Å². The van der Waals surface area contributed by atoms with Crippen molar-refractivity contribution in [3.8, 4) is 11.4 Å². The summed E-state index contributed by atoms with van der Waals surface area (Å²) in [5, 5.41) is 7.49. The third-order valence-corrected chi connectivity index (χ3v) is 4.50. The number of rotatable bonds is 3. The van der Waals surface area contributed by atoms with Crippen molar-refractivity contribution in [2.45, 2.75) is 25.2 Å². The standard InChI is InChI=1S/C16H20N4O/c1-2-13(3-1)16-18-15(19-21-16)12-4-6-14(7-5-12)20-10-8-17-9-11-20/h4-7,13,17H,1-3,8-11H2. The average molecular weight is 284 g/mol. The normalized spacial score (nSPS) is 19.5. The van der Waals surface area contributed by atoms with Crippen molar-refractivity contribution < 1.29 is 4.52 Å². The van der Waals surface area contributed by atoms with E-state index in [1.807, 2.05) is 0 Å². The Morgan fingerprint density at radius 3 is 2.52 bits per heavy atom. The molecule has 5 nitrogen and oxygen atoms in total. The second-order valence-corrected chi connectivity index (χ2v) is 5.87. The van der Waals surface area contributed by atoms with Gasteiger partial charge < -0.3 is 14.7 Å². The van der Waals surface area contributed by atoms with Gasteiger partial charge in [0, 0.05) is 43.3 Å². The molecular formula is C16H20N4O. The van der Waals surface area contributed by atoms with Crippen LogP contribution in [0.2, 0.25) is 0 Å².